The molecule has 1 aliphatic carbocycles. The molecule has 0 heterocycles. The van der Waals surface area contributed by atoms with E-state index in [4.69, 9.17) is 5.11 Å². The summed E-state index contributed by atoms with van der Waals surface area (Å²) in [7, 11) is -6.25. The number of carboxylic acids is 1. The van der Waals surface area contributed by atoms with Crippen molar-refractivity contribution >= 4 is 26.0 Å². The minimum atomic E-state index is -3.89. The molecule has 1 aromatic carbocycles. The summed E-state index contributed by atoms with van der Waals surface area (Å²) in [5, 5.41) is 8.87. The van der Waals surface area contributed by atoms with Crippen LogP contribution in [0, 0.1) is 5.92 Å². The molecule has 1 saturated carbocycles. The number of hydrogen-bond acceptors (Lipinski definition) is 5. The Kier molecular flexibility index (Phi) is 5.33. The van der Waals surface area contributed by atoms with Gasteiger partial charge in [0.05, 0.1) is 15.7 Å². The molecule has 0 bridgehead atoms. The van der Waals surface area contributed by atoms with Crippen LogP contribution in [0.4, 0.5) is 0 Å². The molecular weight excluding hydrogens is 356 g/mol. The van der Waals surface area contributed by atoms with Crippen LogP contribution in [0.5, 0.6) is 0 Å². The van der Waals surface area contributed by atoms with Crippen LogP contribution in [0.2, 0.25) is 0 Å². The molecule has 10 heteroatoms. The first-order valence-electron chi connectivity index (χ1n) is 7.35. The van der Waals surface area contributed by atoms with Crippen LogP contribution in [0.25, 0.3) is 0 Å². The Bertz CT molecular complexity index is 813. The minimum Gasteiger partial charge on any atom is -0.481 e. The van der Waals surface area contributed by atoms with E-state index in [1.54, 1.807) is 0 Å². The van der Waals surface area contributed by atoms with Crippen molar-refractivity contribution in [1.82, 2.24) is 9.03 Å². The second-order valence-electron chi connectivity index (χ2n) is 5.89. The van der Waals surface area contributed by atoms with Gasteiger partial charge in [-0.3, -0.25) is 4.79 Å². The molecule has 0 saturated heterocycles. The number of rotatable bonds is 8. The minimum absolute atomic E-state index is 0.00472. The average molecular weight is 376 g/mol. The lowest BCUT2D eigenvalue weighted by atomic mass is 10.2. The van der Waals surface area contributed by atoms with E-state index in [9.17, 15) is 21.6 Å². The van der Waals surface area contributed by atoms with Crippen molar-refractivity contribution in [1.29, 1.82) is 0 Å². The number of nitrogens with zero attached hydrogens (tertiary/aromatic N) is 1. The van der Waals surface area contributed by atoms with Crippen LogP contribution in [0.3, 0.4) is 0 Å². The Morgan fingerprint density at radius 2 is 1.71 bits per heavy atom. The second-order valence-corrected chi connectivity index (χ2v) is 9.65. The first kappa shape index (κ1) is 18.8. The molecule has 0 radical (unpaired) electrons. The molecule has 134 valence electrons. The Morgan fingerprint density at radius 3 is 2.17 bits per heavy atom. The second kappa shape index (κ2) is 6.79. The molecule has 24 heavy (non-hydrogen) atoms. The summed E-state index contributed by atoms with van der Waals surface area (Å²) in [5.41, 5.74) is 0. The van der Waals surface area contributed by atoms with Gasteiger partial charge in [0.25, 0.3) is 0 Å². The molecule has 1 aromatic rings. The summed E-state index contributed by atoms with van der Waals surface area (Å²) in [6.45, 7) is 1.23. The van der Waals surface area contributed by atoms with E-state index in [1.165, 1.54) is 38.2 Å². The van der Waals surface area contributed by atoms with Gasteiger partial charge in [0, 0.05) is 19.6 Å². The molecule has 2 N–H and O–H groups in total. The maximum absolute atomic E-state index is 12.4. The summed E-state index contributed by atoms with van der Waals surface area (Å²) in [6.07, 6.45) is 1.61. The first-order valence-corrected chi connectivity index (χ1v) is 10.3. The van der Waals surface area contributed by atoms with Crippen molar-refractivity contribution in [2.45, 2.75) is 35.6 Å². The Balaban J connectivity index is 2.18. The van der Waals surface area contributed by atoms with Crippen LogP contribution < -0.4 is 4.72 Å². The summed E-state index contributed by atoms with van der Waals surface area (Å²) in [5.74, 6) is -1.95. The van der Waals surface area contributed by atoms with Gasteiger partial charge < -0.3 is 5.11 Å². The molecule has 0 spiro atoms. The quantitative estimate of drug-likeness (QED) is 0.680. The maximum atomic E-state index is 12.4. The van der Waals surface area contributed by atoms with Gasteiger partial charge in [-0.2, -0.15) is 0 Å². The summed E-state index contributed by atoms with van der Waals surface area (Å²) in [4.78, 5) is 10.8. The van der Waals surface area contributed by atoms with Crippen molar-refractivity contribution in [2.24, 2.45) is 5.92 Å². The van der Waals surface area contributed by atoms with E-state index in [0.717, 1.165) is 17.1 Å². The van der Waals surface area contributed by atoms with Gasteiger partial charge in [0.15, 0.2) is 0 Å². The van der Waals surface area contributed by atoms with Crippen LogP contribution in [-0.4, -0.2) is 51.9 Å². The lowest BCUT2D eigenvalue weighted by Gasteiger charge is -2.19. The third-order valence-electron chi connectivity index (χ3n) is 3.69. The number of sulfonamides is 2. The van der Waals surface area contributed by atoms with Crippen LogP contribution in [-0.2, 0) is 24.8 Å². The number of carbonyl (C=O) groups is 1. The number of benzene rings is 1. The first-order chi connectivity index (χ1) is 11.0. The Morgan fingerprint density at radius 1 is 1.21 bits per heavy atom. The van der Waals surface area contributed by atoms with Crippen LogP contribution in [0.15, 0.2) is 34.1 Å². The predicted octanol–water partition coefficient (Wildman–Crippen LogP) is 0.468. The van der Waals surface area contributed by atoms with Crippen LogP contribution in [0.1, 0.15) is 19.8 Å². The molecule has 0 amide bonds. The fourth-order valence-electron chi connectivity index (χ4n) is 2.02. The van der Waals surface area contributed by atoms with Gasteiger partial charge in [-0.05, 0) is 37.1 Å². The topological polar surface area (TPSA) is 121 Å². The number of nitrogens with one attached hydrogen (secondary N) is 1. The lowest BCUT2D eigenvalue weighted by molar-refractivity contribution is -0.141. The van der Waals surface area contributed by atoms with E-state index in [-0.39, 0.29) is 22.4 Å². The molecular formula is C14H20N2O6S2. The molecule has 1 unspecified atom stereocenters. The fourth-order valence-corrected chi connectivity index (χ4v) is 4.59. The average Bonchev–Trinajstić information content (AvgIpc) is 3.30. The number of carboxylic acid groups (broad SMARTS) is 1. The van der Waals surface area contributed by atoms with Crippen molar-refractivity contribution in [3.8, 4) is 0 Å². The molecule has 1 aliphatic rings. The highest BCUT2D eigenvalue weighted by Crippen LogP contribution is 2.23. The number of hydrogen-bond donors (Lipinski definition) is 2. The summed E-state index contributed by atoms with van der Waals surface area (Å²) in [6, 6.07) is 4.83. The highest BCUT2D eigenvalue weighted by molar-refractivity contribution is 7.89. The van der Waals surface area contributed by atoms with Gasteiger partial charge in [0.1, 0.15) is 0 Å². The lowest BCUT2D eigenvalue weighted by Crippen LogP contribution is -2.33. The highest BCUT2D eigenvalue weighted by atomic mass is 32.2. The summed E-state index contributed by atoms with van der Waals surface area (Å²) >= 11 is 0. The molecule has 8 nitrogen and oxygen atoms in total. The van der Waals surface area contributed by atoms with Crippen molar-refractivity contribution in [2.75, 3.05) is 13.6 Å². The molecule has 1 fully saturated rings. The zero-order valence-corrected chi connectivity index (χ0v) is 15.0. The van der Waals surface area contributed by atoms with Crippen molar-refractivity contribution in [3.05, 3.63) is 24.3 Å². The SMILES string of the molecule is CC(CN(C)S(=O)(=O)c1ccc(S(=O)(=O)NC2CC2)cc1)C(=O)O. The van der Waals surface area contributed by atoms with E-state index >= 15 is 0 Å². The van der Waals surface area contributed by atoms with Gasteiger partial charge in [-0.25, -0.2) is 25.9 Å². The smallest absolute Gasteiger partial charge is 0.307 e. The zero-order chi connectivity index (χ0) is 18.1. The number of aliphatic carboxylic acids is 1. The largest absolute Gasteiger partial charge is 0.481 e. The van der Waals surface area contributed by atoms with Gasteiger partial charge >= 0.3 is 5.97 Å². The van der Waals surface area contributed by atoms with E-state index in [2.05, 4.69) is 4.72 Å². The Labute approximate surface area is 141 Å². The standard InChI is InChI=1S/C14H20N2O6S2/c1-10(14(17)18)9-16(2)24(21,22)13-7-5-12(6-8-13)23(19,20)15-11-3-4-11/h5-8,10-11,15H,3-4,9H2,1-2H3,(H,17,18). The monoisotopic (exact) mass is 376 g/mol. The normalized spacial score (nSPS) is 17.0. The molecule has 0 aromatic heterocycles. The summed E-state index contributed by atoms with van der Waals surface area (Å²) < 4.78 is 52.4. The third kappa shape index (κ3) is 4.32. The molecule has 0 aliphatic heterocycles. The maximum Gasteiger partial charge on any atom is 0.307 e. The van der Waals surface area contributed by atoms with E-state index < -0.39 is 31.9 Å². The molecule has 2 rings (SSSR count). The van der Waals surface area contributed by atoms with Gasteiger partial charge in [-0.15, -0.1) is 0 Å². The van der Waals surface area contributed by atoms with Crippen molar-refractivity contribution in [3.63, 3.8) is 0 Å². The van der Waals surface area contributed by atoms with Crippen LogP contribution >= 0.6 is 0 Å². The van der Waals surface area contributed by atoms with Crippen molar-refractivity contribution < 1.29 is 26.7 Å². The highest BCUT2D eigenvalue weighted by Gasteiger charge is 2.29. The molecule has 1 atom stereocenters. The Hall–Kier alpha value is -1.49. The van der Waals surface area contributed by atoms with Gasteiger partial charge in [0.2, 0.25) is 20.0 Å². The van der Waals surface area contributed by atoms with E-state index in [1.807, 2.05) is 0 Å². The predicted molar refractivity (Wildman–Crippen MR) is 86.4 cm³/mol. The van der Waals surface area contributed by atoms with E-state index in [0.29, 0.717) is 0 Å². The fraction of sp³-hybridized carbons (Fsp3) is 0.500. The zero-order valence-electron chi connectivity index (χ0n) is 13.3. The third-order valence-corrected chi connectivity index (χ3v) is 7.07. The van der Waals surface area contributed by atoms with Gasteiger partial charge in [-0.1, -0.05) is 6.92 Å².